The zero-order chi connectivity index (χ0) is 20.4. The van der Waals surface area contributed by atoms with Gasteiger partial charge in [-0.1, -0.05) is 24.3 Å². The maximum Gasteiger partial charge on any atom is 0.253 e. The zero-order valence-corrected chi connectivity index (χ0v) is 15.6. The molecule has 148 valence electrons. The zero-order valence-electron chi connectivity index (χ0n) is 15.6. The van der Waals surface area contributed by atoms with Crippen LogP contribution < -0.4 is 5.32 Å². The predicted molar refractivity (Wildman–Crippen MR) is 106 cm³/mol. The summed E-state index contributed by atoms with van der Waals surface area (Å²) in [5.74, 6) is -0.238. The highest BCUT2D eigenvalue weighted by atomic mass is 19.3. The number of aromatic nitrogens is 4. The predicted octanol–water partition coefficient (Wildman–Crippen LogP) is 4.25. The fraction of sp³-hybridized carbons (Fsp3) is 0.190. The Morgan fingerprint density at radius 2 is 1.93 bits per heavy atom. The second-order valence-corrected chi connectivity index (χ2v) is 6.81. The third kappa shape index (κ3) is 4.01. The summed E-state index contributed by atoms with van der Waals surface area (Å²) in [6.45, 7) is 1.85. The average molecular weight is 395 g/mol. The van der Waals surface area contributed by atoms with Gasteiger partial charge in [-0.05, 0) is 30.2 Å². The number of carbonyl (C=O) groups excluding carboxylic acids is 1. The summed E-state index contributed by atoms with van der Waals surface area (Å²) in [5, 5.41) is 10.3. The van der Waals surface area contributed by atoms with Crippen molar-refractivity contribution >= 4 is 16.9 Å². The molecule has 0 radical (unpaired) electrons. The summed E-state index contributed by atoms with van der Waals surface area (Å²) < 4.78 is 24.9. The van der Waals surface area contributed by atoms with E-state index in [9.17, 15) is 13.6 Å². The molecule has 4 aromatic rings. The third-order valence-corrected chi connectivity index (χ3v) is 4.79. The molecule has 1 atom stereocenters. The molecule has 3 N–H and O–H groups in total. The number of pyridine rings is 1. The number of halogens is 2. The summed E-state index contributed by atoms with van der Waals surface area (Å²) in [4.78, 5) is 20.3. The van der Waals surface area contributed by atoms with E-state index in [-0.39, 0.29) is 18.4 Å². The molecule has 0 spiro atoms. The van der Waals surface area contributed by atoms with Crippen LogP contribution in [-0.4, -0.2) is 32.5 Å². The molecular formula is C21H19F2N5O. The summed E-state index contributed by atoms with van der Waals surface area (Å²) >= 11 is 0. The first-order valence-electron chi connectivity index (χ1n) is 9.16. The van der Waals surface area contributed by atoms with Crippen molar-refractivity contribution in [1.29, 1.82) is 0 Å². The van der Waals surface area contributed by atoms with E-state index in [1.807, 2.05) is 19.1 Å². The van der Waals surface area contributed by atoms with Crippen LogP contribution in [0.5, 0.6) is 0 Å². The Bertz CT molecular complexity index is 1120. The minimum atomic E-state index is -2.37. The smallest absolute Gasteiger partial charge is 0.253 e. The number of aromatic amines is 2. The van der Waals surface area contributed by atoms with Gasteiger partial charge in [0, 0.05) is 29.8 Å². The molecular weight excluding hydrogens is 376 g/mol. The van der Waals surface area contributed by atoms with Crippen LogP contribution in [0, 0.1) is 0 Å². The number of benzene rings is 1. The van der Waals surface area contributed by atoms with Crippen LogP contribution in [0.3, 0.4) is 0 Å². The van der Waals surface area contributed by atoms with E-state index in [1.54, 1.807) is 42.9 Å². The molecule has 29 heavy (non-hydrogen) atoms. The number of rotatable bonds is 6. The van der Waals surface area contributed by atoms with Gasteiger partial charge in [-0.3, -0.25) is 9.89 Å². The van der Waals surface area contributed by atoms with Gasteiger partial charge in [0.05, 0.1) is 23.5 Å². The first kappa shape index (κ1) is 18.8. The molecule has 1 amide bonds. The van der Waals surface area contributed by atoms with Crippen molar-refractivity contribution in [2.45, 2.75) is 25.8 Å². The lowest BCUT2D eigenvalue weighted by Crippen LogP contribution is -2.26. The number of alkyl halides is 2. The number of carbonyl (C=O) groups is 1. The normalized spacial score (nSPS) is 12.4. The maximum atomic E-state index is 12.8. The van der Waals surface area contributed by atoms with Gasteiger partial charge in [0.15, 0.2) is 0 Å². The Morgan fingerprint density at radius 1 is 1.14 bits per heavy atom. The fourth-order valence-electron chi connectivity index (χ4n) is 3.22. The second-order valence-electron chi connectivity index (χ2n) is 6.81. The summed E-state index contributed by atoms with van der Waals surface area (Å²) in [5.41, 5.74) is 4.12. The van der Waals surface area contributed by atoms with Crippen molar-refractivity contribution in [2.75, 3.05) is 0 Å². The van der Waals surface area contributed by atoms with Crippen LogP contribution in [-0.2, 0) is 6.42 Å². The van der Waals surface area contributed by atoms with E-state index in [0.29, 0.717) is 22.2 Å². The van der Waals surface area contributed by atoms with Crippen molar-refractivity contribution in [3.63, 3.8) is 0 Å². The van der Waals surface area contributed by atoms with Gasteiger partial charge in [0.2, 0.25) is 6.43 Å². The van der Waals surface area contributed by atoms with Gasteiger partial charge in [-0.25, -0.2) is 13.8 Å². The molecule has 4 rings (SSSR count). The van der Waals surface area contributed by atoms with E-state index in [4.69, 9.17) is 0 Å². The number of nitrogens with zero attached hydrogens (tertiary/aromatic N) is 2. The van der Waals surface area contributed by atoms with E-state index >= 15 is 0 Å². The quantitative estimate of drug-likeness (QED) is 0.456. The van der Waals surface area contributed by atoms with Crippen molar-refractivity contribution in [2.24, 2.45) is 0 Å². The average Bonchev–Trinajstić information content (AvgIpc) is 3.37. The highest BCUT2D eigenvalue weighted by Gasteiger charge is 2.17. The number of nitrogens with one attached hydrogen (secondary N) is 3. The van der Waals surface area contributed by atoms with Gasteiger partial charge >= 0.3 is 0 Å². The van der Waals surface area contributed by atoms with E-state index < -0.39 is 6.43 Å². The molecule has 3 aromatic heterocycles. The third-order valence-electron chi connectivity index (χ3n) is 4.79. The van der Waals surface area contributed by atoms with E-state index in [1.165, 1.54) is 0 Å². The van der Waals surface area contributed by atoms with Gasteiger partial charge in [0.1, 0.15) is 5.65 Å². The maximum absolute atomic E-state index is 12.8. The molecule has 0 aliphatic heterocycles. The number of hydrogen-bond donors (Lipinski definition) is 3. The Balaban J connectivity index is 1.50. The first-order chi connectivity index (χ1) is 14.0. The molecule has 0 aliphatic rings. The lowest BCUT2D eigenvalue weighted by molar-refractivity contribution is 0.0941. The Morgan fingerprint density at radius 3 is 2.62 bits per heavy atom. The van der Waals surface area contributed by atoms with Crippen molar-refractivity contribution in [3.05, 3.63) is 71.7 Å². The minimum absolute atomic E-state index is 0.238. The second kappa shape index (κ2) is 7.83. The van der Waals surface area contributed by atoms with Crippen LogP contribution >= 0.6 is 0 Å². The van der Waals surface area contributed by atoms with Crippen molar-refractivity contribution in [3.8, 4) is 11.3 Å². The van der Waals surface area contributed by atoms with Crippen LogP contribution in [0.15, 0.2) is 55.0 Å². The van der Waals surface area contributed by atoms with Crippen LogP contribution in [0.4, 0.5) is 8.78 Å². The fourth-order valence-corrected chi connectivity index (χ4v) is 3.22. The van der Waals surface area contributed by atoms with Gasteiger partial charge in [-0.2, -0.15) is 5.10 Å². The number of amides is 1. The summed E-state index contributed by atoms with van der Waals surface area (Å²) in [7, 11) is 0. The Hall–Kier alpha value is -3.55. The van der Waals surface area contributed by atoms with E-state index in [2.05, 4.69) is 25.5 Å². The molecule has 1 aromatic carbocycles. The highest BCUT2D eigenvalue weighted by Crippen LogP contribution is 2.23. The minimum Gasteiger partial charge on any atom is -0.345 e. The largest absolute Gasteiger partial charge is 0.345 e. The molecule has 0 bridgehead atoms. The monoisotopic (exact) mass is 395 g/mol. The molecule has 0 unspecified atom stereocenters. The molecule has 3 heterocycles. The topological polar surface area (TPSA) is 86.5 Å². The van der Waals surface area contributed by atoms with Crippen LogP contribution in [0.2, 0.25) is 0 Å². The Labute approximate surface area is 165 Å². The highest BCUT2D eigenvalue weighted by molar-refractivity contribution is 6.06. The summed E-state index contributed by atoms with van der Waals surface area (Å²) in [6.07, 6.45) is 2.41. The molecule has 8 heteroatoms. The lowest BCUT2D eigenvalue weighted by atomic mass is 10.0. The number of hydrogen-bond acceptors (Lipinski definition) is 3. The summed E-state index contributed by atoms with van der Waals surface area (Å²) in [6, 6.07) is 10.3. The number of H-pyrrole nitrogens is 2. The molecule has 0 saturated carbocycles. The molecule has 6 nitrogen and oxygen atoms in total. The number of fused-ring (bicyclic) bond motifs is 1. The standard InChI is InChI=1S/C21H19F2N5O/c1-12(14-4-2-13(3-5-14)8-19(22)23)27-21(29)17-11-24-20-16(17)6-7-18(28-20)15-9-25-26-10-15/h2-7,9-12,19H,8H2,1H3,(H,24,28)(H,25,26)(H,27,29)/t12-/m1/s1. The van der Waals surface area contributed by atoms with Crippen LogP contribution in [0.1, 0.15) is 34.5 Å². The molecule has 0 aliphatic carbocycles. The van der Waals surface area contributed by atoms with Crippen molar-refractivity contribution < 1.29 is 13.6 Å². The lowest BCUT2D eigenvalue weighted by Gasteiger charge is -2.14. The molecule has 0 fully saturated rings. The van der Waals surface area contributed by atoms with Crippen LogP contribution in [0.25, 0.3) is 22.3 Å². The SMILES string of the molecule is C[C@@H](NC(=O)c1c[nH]c2nc(-c3cn[nH]c3)ccc12)c1ccc(CC(F)F)cc1. The van der Waals surface area contributed by atoms with Gasteiger partial charge in [0.25, 0.3) is 5.91 Å². The van der Waals surface area contributed by atoms with Gasteiger partial charge < -0.3 is 10.3 Å². The van der Waals surface area contributed by atoms with Crippen molar-refractivity contribution in [1.82, 2.24) is 25.5 Å². The first-order valence-corrected chi connectivity index (χ1v) is 9.16. The Kier molecular flexibility index (Phi) is 5.07. The van der Waals surface area contributed by atoms with Gasteiger partial charge in [-0.15, -0.1) is 0 Å². The molecule has 0 saturated heterocycles. The van der Waals surface area contributed by atoms with E-state index in [0.717, 1.165) is 16.8 Å².